The molecule has 7 heteroatoms. The highest BCUT2D eigenvalue weighted by Gasteiger charge is 2.17. The summed E-state index contributed by atoms with van der Waals surface area (Å²) in [6, 6.07) is 8.70. The highest BCUT2D eigenvalue weighted by molar-refractivity contribution is 7.99. The van der Waals surface area contributed by atoms with Gasteiger partial charge in [-0.15, -0.1) is 24.8 Å². The van der Waals surface area contributed by atoms with Crippen LogP contribution in [0.2, 0.25) is 0 Å². The molecule has 1 aromatic rings. The molecule has 4 nitrogen and oxygen atoms in total. The molecule has 1 unspecified atom stereocenters. The van der Waals surface area contributed by atoms with Crippen molar-refractivity contribution >= 4 is 48.2 Å². The number of hydrogen-bond acceptors (Lipinski definition) is 4. The number of nitrogens with zero attached hydrogens (tertiary/aromatic N) is 1. The molecule has 1 atom stereocenters. The lowest BCUT2D eigenvalue weighted by atomic mass is 10.1. The fourth-order valence-corrected chi connectivity index (χ4v) is 4.21. The van der Waals surface area contributed by atoms with Crippen molar-refractivity contribution < 1.29 is 4.79 Å². The van der Waals surface area contributed by atoms with E-state index in [1.54, 1.807) is 0 Å². The molecule has 0 radical (unpaired) electrons. The standard InChI is InChI=1S/C18H27N3OS.2ClH/c22-18(14-17-2-1-8-19-17)20-16-5-3-15(4-6-16)7-9-21-10-12-23-13-11-21;;/h3-6,17,19H,1-2,7-14H2,(H,20,22);2*1H. The van der Waals surface area contributed by atoms with Crippen molar-refractivity contribution in [2.45, 2.75) is 31.7 Å². The molecule has 142 valence electrons. The van der Waals surface area contributed by atoms with Crippen molar-refractivity contribution in [2.24, 2.45) is 0 Å². The molecular weight excluding hydrogens is 377 g/mol. The molecule has 2 fully saturated rings. The van der Waals surface area contributed by atoms with Crippen molar-refractivity contribution in [3.63, 3.8) is 0 Å². The van der Waals surface area contributed by atoms with Crippen LogP contribution in [0.25, 0.3) is 0 Å². The van der Waals surface area contributed by atoms with Crippen molar-refractivity contribution in [2.75, 3.05) is 43.0 Å². The van der Waals surface area contributed by atoms with Gasteiger partial charge in [-0.2, -0.15) is 11.8 Å². The number of amides is 1. The third kappa shape index (κ3) is 7.75. The van der Waals surface area contributed by atoms with Crippen LogP contribution in [0.1, 0.15) is 24.8 Å². The third-order valence-electron chi connectivity index (χ3n) is 4.65. The Kier molecular flexibility index (Phi) is 10.9. The second kappa shape index (κ2) is 12.0. The van der Waals surface area contributed by atoms with Gasteiger partial charge in [-0.25, -0.2) is 0 Å². The summed E-state index contributed by atoms with van der Waals surface area (Å²) >= 11 is 2.05. The maximum atomic E-state index is 12.0. The quantitative estimate of drug-likeness (QED) is 0.762. The molecule has 2 saturated heterocycles. The SMILES string of the molecule is Cl.Cl.O=C(CC1CCCN1)Nc1ccc(CCN2CCSCC2)cc1. The van der Waals surface area contributed by atoms with Gasteiger partial charge in [0.25, 0.3) is 0 Å². The Hall–Kier alpha value is -0.460. The van der Waals surface area contributed by atoms with Gasteiger partial charge in [0.15, 0.2) is 0 Å². The van der Waals surface area contributed by atoms with E-state index < -0.39 is 0 Å². The molecule has 1 aromatic carbocycles. The van der Waals surface area contributed by atoms with Crippen molar-refractivity contribution in [1.29, 1.82) is 0 Å². The molecule has 0 aromatic heterocycles. The fourth-order valence-electron chi connectivity index (χ4n) is 3.23. The number of rotatable bonds is 6. The zero-order valence-corrected chi connectivity index (χ0v) is 17.0. The van der Waals surface area contributed by atoms with Gasteiger partial charge >= 0.3 is 0 Å². The van der Waals surface area contributed by atoms with Gasteiger partial charge in [0.2, 0.25) is 5.91 Å². The van der Waals surface area contributed by atoms with Gasteiger partial charge in [-0.1, -0.05) is 12.1 Å². The molecule has 2 aliphatic heterocycles. The average molecular weight is 406 g/mol. The second-order valence-electron chi connectivity index (χ2n) is 6.45. The minimum absolute atomic E-state index is 0. The van der Waals surface area contributed by atoms with Gasteiger partial charge in [0.05, 0.1) is 0 Å². The molecule has 0 aliphatic carbocycles. The Balaban J connectivity index is 0.00000156. The number of hydrogen-bond donors (Lipinski definition) is 2. The number of nitrogens with one attached hydrogen (secondary N) is 2. The lowest BCUT2D eigenvalue weighted by Gasteiger charge is -2.26. The molecule has 2 heterocycles. The Labute approximate surface area is 167 Å². The van der Waals surface area contributed by atoms with Gasteiger partial charge in [0.1, 0.15) is 0 Å². The molecule has 0 bridgehead atoms. The second-order valence-corrected chi connectivity index (χ2v) is 7.67. The van der Waals surface area contributed by atoms with Crippen LogP contribution in [0.15, 0.2) is 24.3 Å². The molecular formula is C18H29Cl2N3OS. The van der Waals surface area contributed by atoms with Crippen LogP contribution >= 0.6 is 36.6 Å². The zero-order valence-electron chi connectivity index (χ0n) is 14.5. The number of halogens is 2. The summed E-state index contributed by atoms with van der Waals surface area (Å²) in [5.41, 5.74) is 2.25. The number of carbonyl (C=O) groups excluding carboxylic acids is 1. The molecule has 25 heavy (non-hydrogen) atoms. The minimum Gasteiger partial charge on any atom is -0.326 e. The Morgan fingerprint density at radius 3 is 2.56 bits per heavy atom. The normalized spacial score (nSPS) is 20.4. The Morgan fingerprint density at radius 2 is 1.92 bits per heavy atom. The zero-order chi connectivity index (χ0) is 15.9. The lowest BCUT2D eigenvalue weighted by molar-refractivity contribution is -0.116. The van der Waals surface area contributed by atoms with Crippen LogP contribution in [0.4, 0.5) is 5.69 Å². The number of benzene rings is 1. The average Bonchev–Trinajstić information content (AvgIpc) is 3.08. The molecule has 2 aliphatic rings. The topological polar surface area (TPSA) is 44.4 Å². The first-order valence-electron chi connectivity index (χ1n) is 8.72. The van der Waals surface area contributed by atoms with E-state index in [9.17, 15) is 4.79 Å². The summed E-state index contributed by atoms with van der Waals surface area (Å²) in [4.78, 5) is 14.6. The van der Waals surface area contributed by atoms with Gasteiger partial charge in [-0.05, 0) is 43.5 Å². The predicted octanol–water partition coefficient (Wildman–Crippen LogP) is 3.20. The fraction of sp³-hybridized carbons (Fsp3) is 0.611. The van der Waals surface area contributed by atoms with Crippen LogP contribution in [0.3, 0.4) is 0 Å². The van der Waals surface area contributed by atoms with Crippen molar-refractivity contribution in [1.82, 2.24) is 10.2 Å². The van der Waals surface area contributed by atoms with E-state index in [0.29, 0.717) is 12.5 Å². The lowest BCUT2D eigenvalue weighted by Crippen LogP contribution is -2.34. The van der Waals surface area contributed by atoms with Gasteiger partial charge in [0, 0.05) is 49.3 Å². The van der Waals surface area contributed by atoms with Crippen LogP contribution in [0, 0.1) is 0 Å². The highest BCUT2D eigenvalue weighted by Crippen LogP contribution is 2.14. The maximum absolute atomic E-state index is 12.0. The Bertz CT molecular complexity index is 504. The van der Waals surface area contributed by atoms with E-state index in [1.807, 2.05) is 12.1 Å². The van der Waals surface area contributed by atoms with Gasteiger partial charge < -0.3 is 15.5 Å². The van der Waals surface area contributed by atoms with E-state index in [-0.39, 0.29) is 30.7 Å². The van der Waals surface area contributed by atoms with Crippen LogP contribution in [-0.2, 0) is 11.2 Å². The van der Waals surface area contributed by atoms with E-state index in [2.05, 4.69) is 39.4 Å². The first kappa shape index (κ1) is 22.6. The molecule has 3 rings (SSSR count). The molecule has 2 N–H and O–H groups in total. The molecule has 0 saturated carbocycles. The van der Waals surface area contributed by atoms with Crippen molar-refractivity contribution in [3.05, 3.63) is 29.8 Å². The summed E-state index contributed by atoms with van der Waals surface area (Å²) in [6.45, 7) is 4.62. The van der Waals surface area contributed by atoms with Crippen molar-refractivity contribution in [3.8, 4) is 0 Å². The summed E-state index contributed by atoms with van der Waals surface area (Å²) in [6.07, 6.45) is 3.96. The van der Waals surface area contributed by atoms with E-state index in [1.165, 1.54) is 36.6 Å². The number of thioether (sulfide) groups is 1. The smallest absolute Gasteiger partial charge is 0.225 e. The summed E-state index contributed by atoms with van der Waals surface area (Å²) < 4.78 is 0. The van der Waals surface area contributed by atoms with Crippen LogP contribution < -0.4 is 10.6 Å². The molecule has 0 spiro atoms. The highest BCUT2D eigenvalue weighted by atomic mass is 35.5. The largest absolute Gasteiger partial charge is 0.326 e. The monoisotopic (exact) mass is 405 g/mol. The predicted molar refractivity (Wildman–Crippen MR) is 113 cm³/mol. The van der Waals surface area contributed by atoms with Crippen LogP contribution in [0.5, 0.6) is 0 Å². The van der Waals surface area contributed by atoms with E-state index >= 15 is 0 Å². The summed E-state index contributed by atoms with van der Waals surface area (Å²) in [5, 5.41) is 6.37. The number of carbonyl (C=O) groups is 1. The Morgan fingerprint density at radius 1 is 1.20 bits per heavy atom. The van der Waals surface area contributed by atoms with E-state index in [4.69, 9.17) is 0 Å². The first-order valence-corrected chi connectivity index (χ1v) is 9.87. The molecule has 1 amide bonds. The first-order chi connectivity index (χ1) is 11.3. The summed E-state index contributed by atoms with van der Waals surface area (Å²) in [5.74, 6) is 2.64. The maximum Gasteiger partial charge on any atom is 0.225 e. The summed E-state index contributed by atoms with van der Waals surface area (Å²) in [7, 11) is 0. The third-order valence-corrected chi connectivity index (χ3v) is 5.59. The van der Waals surface area contributed by atoms with E-state index in [0.717, 1.165) is 31.6 Å². The van der Waals surface area contributed by atoms with Gasteiger partial charge in [-0.3, -0.25) is 4.79 Å². The van der Waals surface area contributed by atoms with Crippen LogP contribution in [-0.4, -0.2) is 54.5 Å². The number of anilines is 1. The minimum atomic E-state index is 0.